The van der Waals surface area contributed by atoms with Gasteiger partial charge in [-0.3, -0.25) is 4.79 Å². The van der Waals surface area contributed by atoms with Crippen molar-refractivity contribution in [1.29, 1.82) is 0 Å². The molecule has 0 spiro atoms. The smallest absolute Gasteiger partial charge is 0.332 e. The van der Waals surface area contributed by atoms with Crippen molar-refractivity contribution in [3.05, 3.63) is 59.3 Å². The summed E-state index contributed by atoms with van der Waals surface area (Å²) in [7, 11) is 1.58. The van der Waals surface area contributed by atoms with Gasteiger partial charge in [-0.25, -0.2) is 18.5 Å². The van der Waals surface area contributed by atoms with Crippen molar-refractivity contribution in [2.24, 2.45) is 0 Å². The van der Waals surface area contributed by atoms with Crippen molar-refractivity contribution in [3.63, 3.8) is 0 Å². The number of anilines is 1. The van der Waals surface area contributed by atoms with Crippen LogP contribution in [0, 0.1) is 11.6 Å². The molecule has 3 aromatic rings. The third-order valence-corrected chi connectivity index (χ3v) is 5.92. The van der Waals surface area contributed by atoms with E-state index in [0.29, 0.717) is 30.5 Å². The van der Waals surface area contributed by atoms with Crippen LogP contribution < -0.4 is 9.64 Å². The molecule has 8 heteroatoms. The minimum atomic E-state index is -1.31. The molecular formula is C21H17F2N3O3. The number of H-pyrrole nitrogens is 1. The number of imide groups is 1. The molecule has 2 aromatic carbocycles. The van der Waals surface area contributed by atoms with Crippen LogP contribution in [0.1, 0.15) is 18.2 Å². The van der Waals surface area contributed by atoms with Gasteiger partial charge in [-0.1, -0.05) is 0 Å². The zero-order valence-corrected chi connectivity index (χ0v) is 15.8. The first-order chi connectivity index (χ1) is 13.9. The number of rotatable bonds is 2. The van der Waals surface area contributed by atoms with E-state index in [1.807, 2.05) is 18.2 Å². The van der Waals surface area contributed by atoms with Crippen molar-refractivity contribution >= 4 is 28.5 Å². The average molecular weight is 397 g/mol. The summed E-state index contributed by atoms with van der Waals surface area (Å²) in [6.45, 7) is 1.96. The average Bonchev–Trinajstić information content (AvgIpc) is 3.16. The number of urea groups is 1. The van der Waals surface area contributed by atoms with Gasteiger partial charge in [0.05, 0.1) is 18.5 Å². The molecule has 0 radical (unpaired) electrons. The van der Waals surface area contributed by atoms with Crippen LogP contribution in [0.2, 0.25) is 0 Å². The van der Waals surface area contributed by atoms with E-state index in [1.54, 1.807) is 14.0 Å². The SMILES string of the molecule is COc1ccc2[nH]c3c(c2c1)CCN1C(=O)N(c2ccc(F)cc2F)C(=O)C31C. The van der Waals surface area contributed by atoms with Crippen molar-refractivity contribution in [2.75, 3.05) is 18.6 Å². The normalized spacial score (nSPS) is 21.0. The highest BCUT2D eigenvalue weighted by atomic mass is 19.1. The Labute approximate surface area is 164 Å². The first-order valence-corrected chi connectivity index (χ1v) is 9.16. The van der Waals surface area contributed by atoms with Crippen LogP contribution in [-0.4, -0.2) is 35.5 Å². The highest BCUT2D eigenvalue weighted by Crippen LogP contribution is 2.46. The van der Waals surface area contributed by atoms with Crippen molar-refractivity contribution in [1.82, 2.24) is 9.88 Å². The fourth-order valence-corrected chi connectivity index (χ4v) is 4.42. The third-order valence-electron chi connectivity index (χ3n) is 5.92. The van der Waals surface area contributed by atoms with Gasteiger partial charge in [0.2, 0.25) is 0 Å². The lowest BCUT2D eigenvalue weighted by Crippen LogP contribution is -2.49. The lowest BCUT2D eigenvalue weighted by molar-refractivity contribution is -0.125. The Morgan fingerprint density at radius 2 is 1.93 bits per heavy atom. The van der Waals surface area contributed by atoms with E-state index in [0.717, 1.165) is 33.5 Å². The largest absolute Gasteiger partial charge is 0.497 e. The summed E-state index contributed by atoms with van der Waals surface area (Å²) < 4.78 is 33.0. The first-order valence-electron chi connectivity index (χ1n) is 9.16. The number of nitrogens with one attached hydrogen (secondary N) is 1. The van der Waals surface area contributed by atoms with Gasteiger partial charge in [-0.05, 0) is 49.2 Å². The van der Waals surface area contributed by atoms with Crippen LogP contribution in [0.5, 0.6) is 5.75 Å². The standard InChI is InChI=1S/C21H17F2N3O3/c1-21-18-13(14-10-12(29-2)4-5-16(14)24-18)7-8-25(21)20(28)26(19(21)27)17-6-3-11(22)9-15(17)23/h3-6,9-10,24H,7-8H2,1-2H3. The molecule has 1 unspecified atom stereocenters. The molecule has 2 aliphatic heterocycles. The van der Waals surface area contributed by atoms with Gasteiger partial charge in [-0.2, -0.15) is 0 Å². The summed E-state index contributed by atoms with van der Waals surface area (Å²) in [5, 5.41) is 0.923. The van der Waals surface area contributed by atoms with Crippen LogP contribution >= 0.6 is 0 Å². The summed E-state index contributed by atoms with van der Waals surface area (Å²) in [6.07, 6.45) is 0.539. The summed E-state index contributed by atoms with van der Waals surface area (Å²) in [6, 6.07) is 7.74. The van der Waals surface area contributed by atoms with E-state index >= 15 is 0 Å². The highest BCUT2D eigenvalue weighted by Gasteiger charge is 2.59. The van der Waals surface area contributed by atoms with Crippen LogP contribution in [0.4, 0.5) is 19.3 Å². The number of carbonyl (C=O) groups is 2. The van der Waals surface area contributed by atoms with E-state index < -0.39 is 29.1 Å². The molecule has 0 aliphatic carbocycles. The second kappa shape index (κ2) is 5.79. The van der Waals surface area contributed by atoms with Crippen LogP contribution in [0.15, 0.2) is 36.4 Å². The molecule has 148 valence electrons. The number of aromatic amines is 1. The predicted octanol–water partition coefficient (Wildman–Crippen LogP) is 3.69. The molecule has 5 rings (SSSR count). The molecule has 3 amide bonds. The first kappa shape index (κ1) is 17.7. The van der Waals surface area contributed by atoms with Crippen molar-refractivity contribution in [3.8, 4) is 5.75 Å². The molecule has 29 heavy (non-hydrogen) atoms. The van der Waals surface area contributed by atoms with Gasteiger partial charge in [0, 0.05) is 23.5 Å². The number of halogens is 2. The monoisotopic (exact) mass is 397 g/mol. The maximum atomic E-state index is 14.4. The number of aromatic nitrogens is 1. The number of nitrogens with zero attached hydrogens (tertiary/aromatic N) is 2. The van der Waals surface area contributed by atoms with Crippen LogP contribution in [0.25, 0.3) is 10.9 Å². The molecule has 1 N–H and O–H groups in total. The Morgan fingerprint density at radius 3 is 2.66 bits per heavy atom. The highest BCUT2D eigenvalue weighted by molar-refractivity contribution is 6.23. The number of amides is 3. The van der Waals surface area contributed by atoms with E-state index in [-0.39, 0.29) is 5.69 Å². The number of fused-ring (bicyclic) bond motifs is 5. The minimum Gasteiger partial charge on any atom is -0.497 e. The zero-order chi connectivity index (χ0) is 20.5. The number of hydrogen-bond acceptors (Lipinski definition) is 3. The number of hydrogen-bond donors (Lipinski definition) is 1. The van der Waals surface area contributed by atoms with E-state index in [9.17, 15) is 18.4 Å². The topological polar surface area (TPSA) is 65.6 Å². The molecule has 1 saturated heterocycles. The summed E-state index contributed by atoms with van der Waals surface area (Å²) in [4.78, 5) is 32.0. The number of carbonyl (C=O) groups excluding carboxylic acids is 2. The molecule has 6 nitrogen and oxygen atoms in total. The van der Waals surface area contributed by atoms with Gasteiger partial charge >= 0.3 is 6.03 Å². The maximum absolute atomic E-state index is 14.4. The fraction of sp³-hybridized carbons (Fsp3) is 0.238. The summed E-state index contributed by atoms with van der Waals surface area (Å²) in [5.74, 6) is -1.62. The van der Waals surface area contributed by atoms with Gasteiger partial charge in [0.25, 0.3) is 5.91 Å². The number of benzene rings is 2. The minimum absolute atomic E-state index is 0.253. The molecule has 1 atom stereocenters. The molecule has 3 heterocycles. The Morgan fingerprint density at radius 1 is 1.14 bits per heavy atom. The van der Waals surface area contributed by atoms with Gasteiger partial charge in [-0.15, -0.1) is 0 Å². The van der Waals surface area contributed by atoms with Gasteiger partial charge < -0.3 is 14.6 Å². The second-order valence-corrected chi connectivity index (χ2v) is 7.38. The van der Waals surface area contributed by atoms with Crippen molar-refractivity contribution < 1.29 is 23.1 Å². The summed E-state index contributed by atoms with van der Waals surface area (Å²) in [5.41, 5.74) is 0.801. The molecule has 2 aliphatic rings. The lowest BCUT2D eigenvalue weighted by Gasteiger charge is -2.35. The molecule has 1 aromatic heterocycles. The Kier molecular flexibility index (Phi) is 3.53. The van der Waals surface area contributed by atoms with Crippen molar-refractivity contribution in [2.45, 2.75) is 18.9 Å². The maximum Gasteiger partial charge on any atom is 0.332 e. The Hall–Kier alpha value is -3.42. The zero-order valence-electron chi connectivity index (χ0n) is 15.8. The fourth-order valence-electron chi connectivity index (χ4n) is 4.42. The van der Waals surface area contributed by atoms with Gasteiger partial charge in [0.1, 0.15) is 17.4 Å². The van der Waals surface area contributed by atoms with E-state index in [4.69, 9.17) is 4.74 Å². The second-order valence-electron chi connectivity index (χ2n) is 7.38. The summed E-state index contributed by atoms with van der Waals surface area (Å²) >= 11 is 0. The number of methoxy groups -OCH3 is 1. The van der Waals surface area contributed by atoms with Crippen LogP contribution in [-0.2, 0) is 16.8 Å². The number of ether oxygens (including phenoxy) is 1. The molecular weight excluding hydrogens is 380 g/mol. The Bertz CT molecular complexity index is 1210. The lowest BCUT2D eigenvalue weighted by atomic mass is 9.87. The quantitative estimate of drug-likeness (QED) is 0.671. The third kappa shape index (κ3) is 2.19. The predicted molar refractivity (Wildman–Crippen MR) is 102 cm³/mol. The van der Waals surface area contributed by atoms with E-state index in [1.165, 1.54) is 4.90 Å². The Balaban J connectivity index is 1.68. The molecule has 1 fully saturated rings. The van der Waals surface area contributed by atoms with E-state index in [2.05, 4.69) is 4.98 Å². The van der Waals surface area contributed by atoms with Crippen LogP contribution in [0.3, 0.4) is 0 Å². The van der Waals surface area contributed by atoms with Gasteiger partial charge in [0.15, 0.2) is 5.54 Å². The molecule has 0 saturated carbocycles. The molecule has 0 bridgehead atoms.